The summed E-state index contributed by atoms with van der Waals surface area (Å²) in [5.41, 5.74) is 5.33. The highest BCUT2D eigenvalue weighted by Crippen LogP contribution is 2.37. The highest BCUT2D eigenvalue weighted by Gasteiger charge is 2.33. The molecular weight excluding hydrogens is 282 g/mol. The van der Waals surface area contributed by atoms with Gasteiger partial charge in [-0.1, -0.05) is 17.7 Å². The number of anilines is 1. The van der Waals surface area contributed by atoms with E-state index in [-0.39, 0.29) is 5.91 Å². The van der Waals surface area contributed by atoms with Crippen molar-refractivity contribution < 1.29 is 4.79 Å². The number of allylic oxidation sites excluding steroid dienone is 1. The Morgan fingerprint density at radius 3 is 2.52 bits per heavy atom. The van der Waals surface area contributed by atoms with Crippen LogP contribution in [0, 0.1) is 20.8 Å². The lowest BCUT2D eigenvalue weighted by atomic mass is 10.1. The van der Waals surface area contributed by atoms with Crippen molar-refractivity contribution in [2.24, 2.45) is 4.99 Å². The quantitative estimate of drug-likeness (QED) is 0.912. The van der Waals surface area contributed by atoms with E-state index < -0.39 is 0 Å². The van der Waals surface area contributed by atoms with E-state index in [2.05, 4.69) is 34.3 Å². The summed E-state index contributed by atoms with van der Waals surface area (Å²) in [7, 11) is 0. The summed E-state index contributed by atoms with van der Waals surface area (Å²) in [5, 5.41) is 4.02. The third kappa shape index (κ3) is 2.46. The summed E-state index contributed by atoms with van der Waals surface area (Å²) in [5.74, 6) is -0.0374. The van der Waals surface area contributed by atoms with Crippen molar-refractivity contribution in [1.82, 2.24) is 4.90 Å². The number of amidine groups is 1. The van der Waals surface area contributed by atoms with Crippen LogP contribution in [0.4, 0.5) is 5.69 Å². The number of thioether (sulfide) groups is 1. The van der Waals surface area contributed by atoms with Gasteiger partial charge in [-0.3, -0.25) is 9.79 Å². The average Bonchev–Trinajstić information content (AvgIpc) is 2.97. The molecule has 0 radical (unpaired) electrons. The molecule has 0 spiro atoms. The second-order valence-electron chi connectivity index (χ2n) is 5.56. The van der Waals surface area contributed by atoms with Gasteiger partial charge in [0.2, 0.25) is 0 Å². The van der Waals surface area contributed by atoms with Crippen molar-refractivity contribution in [3.63, 3.8) is 0 Å². The van der Waals surface area contributed by atoms with Crippen LogP contribution < -0.4 is 5.32 Å². The number of hydrogen-bond donors (Lipinski definition) is 1. The van der Waals surface area contributed by atoms with Gasteiger partial charge in [0.15, 0.2) is 5.17 Å². The zero-order chi connectivity index (χ0) is 15.1. The zero-order valence-corrected chi connectivity index (χ0v) is 13.6. The second-order valence-corrected chi connectivity index (χ2v) is 6.54. The van der Waals surface area contributed by atoms with Gasteiger partial charge in [-0.15, -0.1) is 0 Å². The largest absolute Gasteiger partial charge is 0.322 e. The van der Waals surface area contributed by atoms with Gasteiger partial charge in [0.1, 0.15) is 0 Å². The van der Waals surface area contributed by atoms with E-state index in [1.807, 2.05) is 20.8 Å². The van der Waals surface area contributed by atoms with E-state index in [0.717, 1.165) is 45.7 Å². The van der Waals surface area contributed by atoms with Gasteiger partial charge in [-0.25, -0.2) is 0 Å². The molecule has 4 nitrogen and oxygen atoms in total. The minimum Gasteiger partial charge on any atom is -0.322 e. The van der Waals surface area contributed by atoms with Crippen LogP contribution >= 0.6 is 11.8 Å². The molecule has 1 aromatic carbocycles. The smallest absolute Gasteiger partial charge is 0.264 e. The lowest BCUT2D eigenvalue weighted by Gasteiger charge is -2.14. The van der Waals surface area contributed by atoms with E-state index in [1.165, 1.54) is 17.3 Å². The van der Waals surface area contributed by atoms with Crippen molar-refractivity contribution in [2.75, 3.05) is 18.4 Å². The molecule has 1 aromatic rings. The number of aliphatic imine (C=N–C) groups is 1. The summed E-state index contributed by atoms with van der Waals surface area (Å²) in [6, 6.07) is 4.18. The first-order valence-corrected chi connectivity index (χ1v) is 7.89. The average molecular weight is 301 g/mol. The number of carbonyl (C=O) groups is 1. The van der Waals surface area contributed by atoms with Crippen LogP contribution in [-0.2, 0) is 4.79 Å². The lowest BCUT2D eigenvalue weighted by Crippen LogP contribution is -2.20. The molecule has 110 valence electrons. The third-order valence-electron chi connectivity index (χ3n) is 3.85. The molecule has 0 bridgehead atoms. The maximum atomic E-state index is 12.6. The standard InChI is InChI=1S/C16H19N3OS/c1-9-7-10(2)13(11(3)8-9)18-15(20)14-12(4)19-6-5-17-16(19)21-14/h7-8H,5-6H2,1-4H3,(H,18,20). The minimum absolute atomic E-state index is 0.0374. The van der Waals surface area contributed by atoms with Gasteiger partial charge in [0, 0.05) is 17.9 Å². The van der Waals surface area contributed by atoms with Crippen LogP contribution in [0.5, 0.6) is 0 Å². The summed E-state index contributed by atoms with van der Waals surface area (Å²) >= 11 is 1.48. The number of rotatable bonds is 2. The van der Waals surface area contributed by atoms with Gasteiger partial charge in [-0.2, -0.15) is 0 Å². The van der Waals surface area contributed by atoms with Gasteiger partial charge >= 0.3 is 0 Å². The monoisotopic (exact) mass is 301 g/mol. The maximum absolute atomic E-state index is 12.6. The Hall–Kier alpha value is -1.75. The summed E-state index contributed by atoms with van der Waals surface area (Å²) in [6.45, 7) is 9.82. The fraction of sp³-hybridized carbons (Fsp3) is 0.375. The van der Waals surface area contributed by atoms with Crippen LogP contribution in [0.15, 0.2) is 27.7 Å². The van der Waals surface area contributed by atoms with E-state index in [4.69, 9.17) is 0 Å². The van der Waals surface area contributed by atoms with E-state index in [9.17, 15) is 4.79 Å². The third-order valence-corrected chi connectivity index (χ3v) is 5.07. The summed E-state index contributed by atoms with van der Waals surface area (Å²) in [4.78, 5) is 19.9. The normalized spacial score (nSPS) is 17.1. The number of hydrogen-bond acceptors (Lipinski definition) is 4. The predicted octanol–water partition coefficient (Wildman–Crippen LogP) is 3.20. The Morgan fingerprint density at radius 1 is 1.24 bits per heavy atom. The zero-order valence-electron chi connectivity index (χ0n) is 12.8. The first kappa shape index (κ1) is 14.2. The van der Waals surface area contributed by atoms with Crippen LogP contribution in [0.3, 0.4) is 0 Å². The molecule has 3 rings (SSSR count). The first-order chi connectivity index (χ1) is 9.97. The molecule has 21 heavy (non-hydrogen) atoms. The van der Waals surface area contributed by atoms with Crippen molar-refractivity contribution in [3.8, 4) is 0 Å². The fourth-order valence-corrected chi connectivity index (χ4v) is 3.95. The summed E-state index contributed by atoms with van der Waals surface area (Å²) < 4.78 is 0. The SMILES string of the molecule is CC1=C(C(=O)Nc2c(C)cc(C)cc2C)SC2=NCCN21. The molecule has 2 heterocycles. The lowest BCUT2D eigenvalue weighted by molar-refractivity contribution is -0.112. The van der Waals surface area contributed by atoms with Gasteiger partial charge < -0.3 is 10.2 Å². The van der Waals surface area contributed by atoms with Gasteiger partial charge in [0.05, 0.1) is 11.4 Å². The molecule has 0 saturated carbocycles. The second kappa shape index (κ2) is 5.22. The van der Waals surface area contributed by atoms with Gasteiger partial charge in [-0.05, 0) is 50.6 Å². The number of benzene rings is 1. The van der Waals surface area contributed by atoms with Crippen LogP contribution in [0.25, 0.3) is 0 Å². The van der Waals surface area contributed by atoms with Crippen LogP contribution in [0.2, 0.25) is 0 Å². The molecule has 0 unspecified atom stereocenters. The molecule has 0 atom stereocenters. The predicted molar refractivity (Wildman–Crippen MR) is 88.6 cm³/mol. The van der Waals surface area contributed by atoms with Crippen molar-refractivity contribution in [2.45, 2.75) is 27.7 Å². The Bertz CT molecular complexity index is 668. The summed E-state index contributed by atoms with van der Waals surface area (Å²) in [6.07, 6.45) is 0. The topological polar surface area (TPSA) is 44.7 Å². The van der Waals surface area contributed by atoms with Crippen molar-refractivity contribution in [3.05, 3.63) is 39.4 Å². The molecule has 2 aliphatic rings. The van der Waals surface area contributed by atoms with Gasteiger partial charge in [0.25, 0.3) is 5.91 Å². The number of nitrogens with zero attached hydrogens (tertiary/aromatic N) is 2. The molecule has 1 N–H and O–H groups in total. The number of fused-ring (bicyclic) bond motifs is 1. The molecule has 0 aliphatic carbocycles. The Kier molecular flexibility index (Phi) is 3.53. The first-order valence-electron chi connectivity index (χ1n) is 7.07. The van der Waals surface area contributed by atoms with Crippen LogP contribution in [-0.4, -0.2) is 29.1 Å². The highest BCUT2D eigenvalue weighted by molar-refractivity contribution is 8.18. The van der Waals surface area contributed by atoms with Crippen LogP contribution in [0.1, 0.15) is 23.6 Å². The molecule has 1 amide bonds. The number of carbonyl (C=O) groups excluding carboxylic acids is 1. The molecule has 2 aliphatic heterocycles. The van der Waals surface area contributed by atoms with Crippen molar-refractivity contribution in [1.29, 1.82) is 0 Å². The minimum atomic E-state index is -0.0374. The molecule has 0 saturated heterocycles. The van der Waals surface area contributed by atoms with E-state index >= 15 is 0 Å². The molecule has 0 fully saturated rings. The number of amides is 1. The Balaban J connectivity index is 1.85. The Labute approximate surface area is 129 Å². The molecule has 5 heteroatoms. The number of nitrogens with one attached hydrogen (secondary N) is 1. The highest BCUT2D eigenvalue weighted by atomic mass is 32.2. The van der Waals surface area contributed by atoms with E-state index in [1.54, 1.807) is 0 Å². The number of aryl methyl sites for hydroxylation is 3. The van der Waals surface area contributed by atoms with E-state index in [0.29, 0.717) is 0 Å². The molecule has 0 aromatic heterocycles. The molecular formula is C16H19N3OS. The fourth-order valence-electron chi connectivity index (χ4n) is 2.87. The Morgan fingerprint density at radius 2 is 1.90 bits per heavy atom. The van der Waals surface area contributed by atoms with Crippen molar-refractivity contribution >= 4 is 28.5 Å². The maximum Gasteiger partial charge on any atom is 0.264 e.